The van der Waals surface area contributed by atoms with Crippen molar-refractivity contribution in [3.8, 4) is 0 Å². The molecule has 23 heteroatoms. The van der Waals surface area contributed by atoms with Crippen molar-refractivity contribution in [2.24, 2.45) is 5.41 Å². The van der Waals surface area contributed by atoms with Gasteiger partial charge in [-0.25, -0.2) is 8.42 Å². The molecule has 0 aliphatic rings. The molecule has 42 heavy (non-hydrogen) atoms. The first-order chi connectivity index (χ1) is 17.5. The van der Waals surface area contributed by atoms with Crippen LogP contribution in [0.15, 0.2) is 0 Å². The van der Waals surface area contributed by atoms with Crippen molar-refractivity contribution in [2.45, 2.75) is 93.3 Å². The molecule has 254 valence electrons. The van der Waals surface area contributed by atoms with Gasteiger partial charge in [0.25, 0.3) is 0 Å². The van der Waals surface area contributed by atoms with Crippen molar-refractivity contribution in [3.63, 3.8) is 0 Å². The largest absolute Gasteiger partial charge is 0.743 e. The number of alkyl halides is 17. The van der Waals surface area contributed by atoms with Crippen LogP contribution >= 0.6 is 0 Å². The standard InChI is InChI=1S/C11H23OS.C8HF17O3S/c1-10(2,3)9(12)8-13(7)11(4,5)6;9-1(10,3(13,14)5(17,18)7(21,22)23)2(11,12)4(15,16)6(19,20)8(24,25)29(26,27)28/h8H2,1-7H3;(H,26,27,28)/q+1;/p-1. The summed E-state index contributed by atoms with van der Waals surface area (Å²) in [6.45, 7) is 12.6. The van der Waals surface area contributed by atoms with Crippen LogP contribution < -0.4 is 0 Å². The molecule has 0 aromatic heterocycles. The highest BCUT2D eigenvalue weighted by Gasteiger charge is 2.95. The summed E-state index contributed by atoms with van der Waals surface area (Å²) >= 11 is 0. The fraction of sp³-hybridized carbons (Fsp3) is 0.947. The van der Waals surface area contributed by atoms with Crippen LogP contribution in [0, 0.1) is 5.41 Å². The molecule has 0 bridgehead atoms. The number of rotatable bonds is 9. The minimum Gasteiger partial charge on any atom is -0.743 e. The Bertz CT molecular complexity index is 1070. The van der Waals surface area contributed by atoms with Gasteiger partial charge in [0.05, 0.1) is 6.26 Å². The minimum atomic E-state index is -8.92. The van der Waals surface area contributed by atoms with E-state index in [0.29, 0.717) is 5.78 Å². The average molecular weight is 702 g/mol. The number of carbonyl (C=O) groups is 1. The number of hydrogen-bond acceptors (Lipinski definition) is 4. The zero-order chi connectivity index (χ0) is 35.4. The number of halogens is 17. The summed E-state index contributed by atoms with van der Waals surface area (Å²) in [7, 11) is -7.96. The lowest BCUT2D eigenvalue weighted by Gasteiger charge is -2.42. The Morgan fingerprint density at radius 2 is 0.833 bits per heavy atom. The van der Waals surface area contributed by atoms with Crippen LogP contribution in [0.4, 0.5) is 74.6 Å². The molecule has 0 aliphatic heterocycles. The molecule has 0 heterocycles. The van der Waals surface area contributed by atoms with Crippen LogP contribution in [-0.4, -0.2) is 82.5 Å². The SMILES string of the molecule is C[S+](CC(=O)C(C)(C)C)C(C)(C)C.O=S(=O)([O-])C(F)(F)C(F)(F)C(F)(F)C(F)(F)C(F)(F)C(F)(F)C(F)(F)C(F)(F)F. The number of Topliss-reactive ketones (excluding diaryl/α,β-unsaturated/α-hetero) is 1. The second-order valence-electron chi connectivity index (χ2n) is 10.5. The molecule has 4 nitrogen and oxygen atoms in total. The van der Waals surface area contributed by atoms with Gasteiger partial charge in [0, 0.05) is 5.41 Å². The molecule has 1 unspecified atom stereocenters. The summed E-state index contributed by atoms with van der Waals surface area (Å²) in [5.41, 5.74) is -0.174. The molecular weight excluding hydrogens is 679 g/mol. The Kier molecular flexibility index (Phi) is 11.8. The molecule has 0 rings (SSSR count). The van der Waals surface area contributed by atoms with E-state index >= 15 is 0 Å². The van der Waals surface area contributed by atoms with Crippen molar-refractivity contribution in [2.75, 3.05) is 12.0 Å². The molecule has 0 aromatic rings. The summed E-state index contributed by atoms with van der Waals surface area (Å²) in [5, 5.41) is -7.95. The number of ketones is 1. The van der Waals surface area contributed by atoms with Crippen LogP contribution in [0.2, 0.25) is 0 Å². The Hall–Kier alpha value is -1.26. The highest BCUT2D eigenvalue weighted by Crippen LogP contribution is 2.64. The van der Waals surface area contributed by atoms with Gasteiger partial charge in [0.1, 0.15) is 4.75 Å². The second kappa shape index (κ2) is 11.6. The van der Waals surface area contributed by atoms with E-state index in [9.17, 15) is 92.4 Å². The van der Waals surface area contributed by atoms with Gasteiger partial charge in [-0.1, -0.05) is 20.8 Å². The van der Waals surface area contributed by atoms with E-state index < -0.39 is 57.1 Å². The molecule has 0 fully saturated rings. The summed E-state index contributed by atoms with van der Waals surface area (Å²) in [6.07, 6.45) is -5.71. The van der Waals surface area contributed by atoms with Crippen molar-refractivity contribution >= 4 is 26.8 Å². The summed E-state index contributed by atoms with van der Waals surface area (Å²) in [5.74, 6) is -51.0. The maximum atomic E-state index is 13.0. The molecule has 1 atom stereocenters. The van der Waals surface area contributed by atoms with Gasteiger partial charge in [0.15, 0.2) is 21.7 Å². The molecule has 0 amide bonds. The topological polar surface area (TPSA) is 74.3 Å². The van der Waals surface area contributed by atoms with Crippen LogP contribution in [0.1, 0.15) is 41.5 Å². The molecule has 0 saturated heterocycles. The normalized spacial score (nSPS) is 16.5. The van der Waals surface area contributed by atoms with Gasteiger partial charge in [0.2, 0.25) is 0 Å². The first-order valence-corrected chi connectivity index (χ1v) is 13.6. The minimum absolute atomic E-state index is 0.174. The number of hydrogen-bond donors (Lipinski definition) is 0. The van der Waals surface area contributed by atoms with Gasteiger partial charge in [-0.3, -0.25) is 4.79 Å². The van der Waals surface area contributed by atoms with Crippen LogP contribution in [-0.2, 0) is 25.8 Å². The van der Waals surface area contributed by atoms with Crippen molar-refractivity contribution in [3.05, 3.63) is 0 Å². The van der Waals surface area contributed by atoms with Crippen molar-refractivity contribution < 1.29 is 92.4 Å². The fourth-order valence-corrected chi connectivity index (χ4v) is 3.64. The zero-order valence-electron chi connectivity index (χ0n) is 22.1. The maximum Gasteiger partial charge on any atom is 0.460 e. The van der Waals surface area contributed by atoms with Crippen LogP contribution in [0.25, 0.3) is 0 Å². The third-order valence-corrected chi connectivity index (χ3v) is 8.91. The molecule has 0 spiro atoms. The third-order valence-electron chi connectivity index (χ3n) is 5.24. The van der Waals surface area contributed by atoms with E-state index in [1.807, 2.05) is 20.8 Å². The predicted molar refractivity (Wildman–Crippen MR) is 113 cm³/mol. The van der Waals surface area contributed by atoms with Gasteiger partial charge < -0.3 is 4.55 Å². The smallest absolute Gasteiger partial charge is 0.460 e. The van der Waals surface area contributed by atoms with E-state index in [4.69, 9.17) is 0 Å². The van der Waals surface area contributed by atoms with Crippen molar-refractivity contribution in [1.29, 1.82) is 0 Å². The van der Waals surface area contributed by atoms with E-state index in [2.05, 4.69) is 27.0 Å². The van der Waals surface area contributed by atoms with Crippen LogP contribution in [0.5, 0.6) is 0 Å². The molecule has 0 aliphatic carbocycles. The summed E-state index contributed by atoms with van der Waals surface area (Å²) in [4.78, 5) is 11.7. The summed E-state index contributed by atoms with van der Waals surface area (Å²) < 4.78 is 244. The Morgan fingerprint density at radius 1 is 0.571 bits per heavy atom. The predicted octanol–water partition coefficient (Wildman–Crippen LogP) is 7.15. The zero-order valence-corrected chi connectivity index (χ0v) is 23.7. The molecule has 0 N–H and O–H groups in total. The van der Waals surface area contributed by atoms with Gasteiger partial charge in [-0.05, 0) is 31.7 Å². The fourth-order valence-electron chi connectivity index (χ4n) is 1.94. The monoisotopic (exact) mass is 702 g/mol. The second-order valence-corrected chi connectivity index (χ2v) is 14.7. The van der Waals surface area contributed by atoms with Gasteiger partial charge in [-0.2, -0.15) is 74.6 Å². The molecule has 0 radical (unpaired) electrons. The van der Waals surface area contributed by atoms with E-state index in [-0.39, 0.29) is 21.1 Å². The average Bonchev–Trinajstić information content (AvgIpc) is 2.70. The van der Waals surface area contributed by atoms with E-state index in [0.717, 1.165) is 5.75 Å². The van der Waals surface area contributed by atoms with E-state index in [1.54, 1.807) is 0 Å². The maximum absolute atomic E-state index is 13.0. The van der Waals surface area contributed by atoms with E-state index in [1.165, 1.54) is 0 Å². The Labute approximate surface area is 230 Å². The Morgan fingerprint density at radius 3 is 1.05 bits per heavy atom. The third kappa shape index (κ3) is 7.33. The number of carbonyl (C=O) groups excluding carboxylic acids is 1. The highest BCUT2D eigenvalue weighted by atomic mass is 32.2. The molecule has 0 saturated carbocycles. The lowest BCUT2D eigenvalue weighted by molar-refractivity contribution is -0.458. The lowest BCUT2D eigenvalue weighted by Crippen LogP contribution is -2.75. The van der Waals surface area contributed by atoms with Crippen molar-refractivity contribution in [1.82, 2.24) is 0 Å². The Balaban J connectivity index is 0. The molecule has 0 aromatic carbocycles. The molecular formula is C19H23F17O4S2. The van der Waals surface area contributed by atoms with Gasteiger partial charge >= 0.3 is 47.0 Å². The quantitative estimate of drug-likeness (QED) is 0.146. The highest BCUT2D eigenvalue weighted by molar-refractivity contribution is 7.98. The lowest BCUT2D eigenvalue weighted by atomic mass is 9.91. The first kappa shape index (κ1) is 42.9. The summed E-state index contributed by atoms with van der Waals surface area (Å²) in [6, 6.07) is 0. The van der Waals surface area contributed by atoms with Gasteiger partial charge in [-0.15, -0.1) is 0 Å². The first-order valence-electron chi connectivity index (χ1n) is 10.4. The van der Waals surface area contributed by atoms with Crippen LogP contribution in [0.3, 0.4) is 0 Å².